The number of rotatable bonds is 4. The van der Waals surface area contributed by atoms with Gasteiger partial charge in [0.05, 0.1) is 0 Å². The molecule has 4 heteroatoms. The second kappa shape index (κ2) is 7.69. The molecule has 0 bridgehead atoms. The summed E-state index contributed by atoms with van der Waals surface area (Å²) in [6.07, 6.45) is 6.74. The van der Waals surface area contributed by atoms with E-state index in [0.29, 0.717) is 30.1 Å². The molecule has 9 unspecified atom stereocenters. The van der Waals surface area contributed by atoms with E-state index in [4.69, 9.17) is 0 Å². The van der Waals surface area contributed by atoms with E-state index in [9.17, 15) is 14.6 Å². The minimum Gasteiger partial charge on any atom is -0.481 e. The summed E-state index contributed by atoms with van der Waals surface area (Å²) in [5.41, 5.74) is 3.39. The van der Waals surface area contributed by atoms with Gasteiger partial charge in [0.25, 0.3) is 5.95 Å². The Morgan fingerprint density at radius 2 is 1.97 bits per heavy atom. The number of aliphatic hydroxyl groups is 2. The molecule has 0 aromatic carbocycles. The van der Waals surface area contributed by atoms with Gasteiger partial charge in [-0.3, -0.25) is 0 Å². The van der Waals surface area contributed by atoms with Gasteiger partial charge in [-0.05, 0) is 59.8 Å². The fraction of sp³-hybridized carbons (Fsp3) is 0.769. The first kappa shape index (κ1) is 21.9. The van der Waals surface area contributed by atoms with Gasteiger partial charge in [-0.1, -0.05) is 59.3 Å². The molecular formula is C26H40FNO2. The number of alkyl halides is 1. The van der Waals surface area contributed by atoms with Crippen molar-refractivity contribution in [1.82, 2.24) is 5.32 Å². The van der Waals surface area contributed by atoms with Gasteiger partial charge in [0.15, 0.2) is 0 Å². The first-order valence-electron chi connectivity index (χ1n) is 12.0. The second-order valence-corrected chi connectivity index (χ2v) is 11.3. The number of hydrogen-bond donors (Lipinski definition) is 3. The summed E-state index contributed by atoms with van der Waals surface area (Å²) in [6, 6.07) is 0.317. The molecule has 3 nitrogen and oxygen atoms in total. The molecule has 0 aromatic rings. The van der Waals surface area contributed by atoms with Crippen molar-refractivity contribution in [1.29, 1.82) is 0 Å². The maximum Gasteiger partial charge on any atom is 0.275 e. The Hall–Kier alpha value is -1.29. The molecule has 3 aliphatic carbocycles. The number of aliphatic hydroxyl groups excluding tert-OH is 1. The smallest absolute Gasteiger partial charge is 0.275 e. The fourth-order valence-electron chi connectivity index (χ4n) is 7.17. The Morgan fingerprint density at radius 3 is 2.60 bits per heavy atom. The SMILES string of the molecule is CCC(C)(C)C1=C(C(C)C2NC3C(=C(O)O)C3C3C(C)CC(C)CC23)CC(F)C=C1. The highest BCUT2D eigenvalue weighted by Gasteiger charge is 2.62. The zero-order valence-electron chi connectivity index (χ0n) is 19.5. The Morgan fingerprint density at radius 1 is 1.27 bits per heavy atom. The molecule has 4 rings (SSSR count). The van der Waals surface area contributed by atoms with E-state index >= 15 is 0 Å². The van der Waals surface area contributed by atoms with Crippen LogP contribution < -0.4 is 5.32 Å². The first-order chi connectivity index (χ1) is 14.1. The molecule has 1 heterocycles. The standard InChI is InChI=1S/C26H40FNO2/c1-7-26(5,6)19-9-8-16(27)12-17(19)15(4)23-18-11-13(2)10-14(3)20(18)21-22(25(29)30)24(21)28-23/h8-9,13-16,18,20-21,23-24,28-30H,7,10-12H2,1-6H3. The van der Waals surface area contributed by atoms with Crippen molar-refractivity contribution in [3.8, 4) is 0 Å². The number of nitrogens with one attached hydrogen (secondary N) is 1. The van der Waals surface area contributed by atoms with Gasteiger partial charge in [-0.25, -0.2) is 4.39 Å². The maximum absolute atomic E-state index is 14.5. The van der Waals surface area contributed by atoms with Gasteiger partial charge in [0, 0.05) is 30.0 Å². The first-order valence-corrected chi connectivity index (χ1v) is 12.0. The largest absolute Gasteiger partial charge is 0.481 e. The number of halogens is 1. The van der Waals surface area contributed by atoms with Crippen LogP contribution in [-0.2, 0) is 0 Å². The normalized spacial score (nSPS) is 41.9. The van der Waals surface area contributed by atoms with Crippen molar-refractivity contribution in [3.05, 3.63) is 34.8 Å². The molecular weight excluding hydrogens is 377 g/mol. The van der Waals surface area contributed by atoms with Gasteiger partial charge in [-0.15, -0.1) is 0 Å². The molecule has 0 radical (unpaired) electrons. The van der Waals surface area contributed by atoms with Gasteiger partial charge < -0.3 is 15.5 Å². The van der Waals surface area contributed by atoms with Crippen LogP contribution in [0.2, 0.25) is 0 Å². The molecule has 1 saturated heterocycles. The molecule has 2 saturated carbocycles. The lowest BCUT2D eigenvalue weighted by atomic mass is 9.60. The van der Waals surface area contributed by atoms with Crippen molar-refractivity contribution in [3.63, 3.8) is 0 Å². The summed E-state index contributed by atoms with van der Waals surface area (Å²) in [5, 5.41) is 23.5. The Labute approximate surface area is 181 Å². The monoisotopic (exact) mass is 417 g/mol. The van der Waals surface area contributed by atoms with Crippen LogP contribution >= 0.6 is 0 Å². The number of fused-ring (bicyclic) bond motifs is 3. The topological polar surface area (TPSA) is 52.5 Å². The predicted octanol–water partition coefficient (Wildman–Crippen LogP) is 6.25. The van der Waals surface area contributed by atoms with Crippen molar-refractivity contribution < 1.29 is 14.6 Å². The summed E-state index contributed by atoms with van der Waals surface area (Å²) in [4.78, 5) is 0. The molecule has 3 fully saturated rings. The minimum absolute atomic E-state index is 0.0258. The highest BCUT2D eigenvalue weighted by molar-refractivity contribution is 5.42. The lowest BCUT2D eigenvalue weighted by Crippen LogP contribution is -2.54. The summed E-state index contributed by atoms with van der Waals surface area (Å²) in [6.45, 7) is 13.7. The van der Waals surface area contributed by atoms with Crippen LogP contribution in [0.5, 0.6) is 0 Å². The zero-order valence-corrected chi connectivity index (χ0v) is 19.5. The molecule has 4 aliphatic rings. The molecule has 9 atom stereocenters. The Balaban J connectivity index is 1.73. The molecule has 168 valence electrons. The van der Waals surface area contributed by atoms with E-state index < -0.39 is 12.1 Å². The second-order valence-electron chi connectivity index (χ2n) is 11.3. The van der Waals surface area contributed by atoms with E-state index in [-0.39, 0.29) is 29.3 Å². The molecule has 0 aromatic heterocycles. The molecule has 30 heavy (non-hydrogen) atoms. The van der Waals surface area contributed by atoms with Crippen LogP contribution in [-0.4, -0.2) is 28.5 Å². The average Bonchev–Trinajstić information content (AvgIpc) is 3.40. The van der Waals surface area contributed by atoms with Crippen LogP contribution in [0.1, 0.15) is 67.2 Å². The molecule has 1 aliphatic heterocycles. The Bertz CT molecular complexity index is 778. The van der Waals surface area contributed by atoms with Gasteiger partial charge in [-0.2, -0.15) is 0 Å². The zero-order chi connectivity index (χ0) is 22.0. The third-order valence-electron chi connectivity index (χ3n) is 8.98. The van der Waals surface area contributed by atoms with Crippen molar-refractivity contribution in [2.24, 2.45) is 40.9 Å². The lowest BCUT2D eigenvalue weighted by molar-refractivity contribution is 0.0379. The molecule has 0 spiro atoms. The summed E-state index contributed by atoms with van der Waals surface area (Å²) in [7, 11) is 0. The number of piperidine rings is 1. The Kier molecular flexibility index (Phi) is 5.62. The highest BCUT2D eigenvalue weighted by Crippen LogP contribution is 2.60. The van der Waals surface area contributed by atoms with Crippen LogP contribution in [0, 0.1) is 40.9 Å². The summed E-state index contributed by atoms with van der Waals surface area (Å²) < 4.78 is 14.5. The van der Waals surface area contributed by atoms with E-state index in [2.05, 4.69) is 46.9 Å². The van der Waals surface area contributed by atoms with E-state index in [1.165, 1.54) is 17.6 Å². The van der Waals surface area contributed by atoms with Gasteiger partial charge >= 0.3 is 0 Å². The minimum atomic E-state index is -0.909. The van der Waals surface area contributed by atoms with Gasteiger partial charge in [0.2, 0.25) is 0 Å². The number of hydrogen-bond acceptors (Lipinski definition) is 3. The summed E-state index contributed by atoms with van der Waals surface area (Å²) in [5.74, 6) is 2.21. The van der Waals surface area contributed by atoms with E-state index in [1.807, 2.05) is 6.08 Å². The van der Waals surface area contributed by atoms with Crippen molar-refractivity contribution in [2.45, 2.75) is 85.5 Å². The lowest BCUT2D eigenvalue weighted by Gasteiger charge is -2.49. The number of allylic oxidation sites excluding steroid dienone is 3. The maximum atomic E-state index is 14.5. The third kappa shape index (κ3) is 3.53. The van der Waals surface area contributed by atoms with E-state index in [0.717, 1.165) is 18.4 Å². The van der Waals surface area contributed by atoms with E-state index in [1.54, 1.807) is 6.08 Å². The van der Waals surface area contributed by atoms with Gasteiger partial charge in [0.1, 0.15) is 6.17 Å². The van der Waals surface area contributed by atoms with Crippen LogP contribution in [0.4, 0.5) is 4.39 Å². The van der Waals surface area contributed by atoms with Crippen LogP contribution in [0.3, 0.4) is 0 Å². The third-order valence-corrected chi connectivity index (χ3v) is 8.98. The summed E-state index contributed by atoms with van der Waals surface area (Å²) >= 11 is 0. The van der Waals surface area contributed by atoms with Crippen molar-refractivity contribution >= 4 is 0 Å². The fourth-order valence-corrected chi connectivity index (χ4v) is 7.17. The highest BCUT2D eigenvalue weighted by atomic mass is 19.1. The average molecular weight is 418 g/mol. The molecule has 0 amide bonds. The molecule has 3 N–H and O–H groups in total. The van der Waals surface area contributed by atoms with Crippen molar-refractivity contribution in [2.75, 3.05) is 0 Å². The van der Waals surface area contributed by atoms with Crippen LogP contribution in [0.25, 0.3) is 0 Å². The predicted molar refractivity (Wildman–Crippen MR) is 120 cm³/mol. The quantitative estimate of drug-likeness (QED) is 0.474. The van der Waals surface area contributed by atoms with Crippen LogP contribution in [0.15, 0.2) is 34.8 Å².